The highest BCUT2D eigenvalue weighted by atomic mass is 16.7. The molecular formula is C18H16O10. The van der Waals surface area contributed by atoms with Crippen molar-refractivity contribution >= 4 is 11.9 Å². The lowest BCUT2D eigenvalue weighted by Gasteiger charge is -2.05. The van der Waals surface area contributed by atoms with Crippen molar-refractivity contribution in [2.24, 2.45) is 0 Å². The maximum absolute atomic E-state index is 10.5. The first kappa shape index (κ1) is 19.3. The van der Waals surface area contributed by atoms with Gasteiger partial charge in [-0.05, 0) is 35.4 Å². The van der Waals surface area contributed by atoms with Crippen LogP contribution in [0.1, 0.15) is 23.3 Å². The number of hydrogen-bond acceptors (Lipinski definition) is 8. The third-order valence-corrected chi connectivity index (χ3v) is 3.89. The topological polar surface area (TPSA) is 152 Å². The number of benzene rings is 2. The number of aliphatic hydroxyl groups excluding tert-OH is 2. The van der Waals surface area contributed by atoms with Crippen LogP contribution in [0.2, 0.25) is 0 Å². The van der Waals surface area contributed by atoms with Crippen molar-refractivity contribution in [3.8, 4) is 23.0 Å². The highest BCUT2D eigenvalue weighted by molar-refractivity contribution is 5.75. The molecule has 0 spiro atoms. The molecule has 0 fully saturated rings. The zero-order valence-electron chi connectivity index (χ0n) is 14.3. The number of ether oxygens (including phenoxy) is 4. The number of fused-ring (bicyclic) bond motifs is 2. The van der Waals surface area contributed by atoms with Crippen LogP contribution in [0.4, 0.5) is 0 Å². The molecule has 2 heterocycles. The van der Waals surface area contributed by atoms with Crippen molar-refractivity contribution in [1.29, 1.82) is 0 Å². The summed E-state index contributed by atoms with van der Waals surface area (Å²) in [6, 6.07) is 9.05. The van der Waals surface area contributed by atoms with E-state index in [1.807, 2.05) is 0 Å². The standard InChI is InChI=1S/2C9H8O5/c2*10-8(9(11)12)5-1-2-6-7(3-5)14-4-13-6/h2*1-3,8,10H,4H2,(H,11,12). The Morgan fingerprint density at radius 3 is 1.39 bits per heavy atom. The Bertz CT molecular complexity index is 820. The van der Waals surface area contributed by atoms with Crippen LogP contribution in [0, 0.1) is 0 Å². The van der Waals surface area contributed by atoms with Gasteiger partial charge in [-0.3, -0.25) is 0 Å². The third-order valence-electron chi connectivity index (χ3n) is 3.89. The first-order valence-corrected chi connectivity index (χ1v) is 7.97. The lowest BCUT2D eigenvalue weighted by Crippen LogP contribution is -2.10. The van der Waals surface area contributed by atoms with E-state index in [4.69, 9.17) is 29.2 Å². The van der Waals surface area contributed by atoms with Crippen molar-refractivity contribution in [2.45, 2.75) is 12.2 Å². The Morgan fingerprint density at radius 2 is 1.04 bits per heavy atom. The van der Waals surface area contributed by atoms with Gasteiger partial charge in [-0.2, -0.15) is 0 Å². The first-order valence-electron chi connectivity index (χ1n) is 7.97. The van der Waals surface area contributed by atoms with Gasteiger partial charge in [-0.15, -0.1) is 0 Å². The first-order chi connectivity index (χ1) is 13.4. The molecule has 2 atom stereocenters. The average Bonchev–Trinajstić information content (AvgIpc) is 3.34. The van der Waals surface area contributed by atoms with E-state index >= 15 is 0 Å². The van der Waals surface area contributed by atoms with Gasteiger partial charge in [-0.1, -0.05) is 12.1 Å². The van der Waals surface area contributed by atoms with Gasteiger partial charge in [0, 0.05) is 0 Å². The van der Waals surface area contributed by atoms with Crippen molar-refractivity contribution in [3.63, 3.8) is 0 Å². The molecular weight excluding hydrogens is 376 g/mol. The number of aliphatic carboxylic acids is 2. The van der Waals surface area contributed by atoms with Crippen LogP contribution >= 0.6 is 0 Å². The summed E-state index contributed by atoms with van der Waals surface area (Å²) in [5.74, 6) is -0.531. The van der Waals surface area contributed by atoms with Gasteiger partial charge in [0.1, 0.15) is 0 Å². The molecule has 0 saturated carbocycles. The molecule has 2 unspecified atom stereocenters. The molecule has 10 heteroatoms. The minimum atomic E-state index is -1.52. The molecule has 28 heavy (non-hydrogen) atoms. The monoisotopic (exact) mass is 392 g/mol. The fraction of sp³-hybridized carbons (Fsp3) is 0.222. The SMILES string of the molecule is O=C(O)C(O)c1ccc2c(c1)OCO2.O=C(O)C(O)c1ccc2c(c1)OCO2. The fourth-order valence-corrected chi connectivity index (χ4v) is 2.45. The van der Waals surface area contributed by atoms with E-state index in [1.165, 1.54) is 24.3 Å². The number of carboxylic acids is 2. The summed E-state index contributed by atoms with van der Waals surface area (Å²) in [7, 11) is 0. The number of carbonyl (C=O) groups is 2. The molecule has 2 aliphatic heterocycles. The van der Waals surface area contributed by atoms with Gasteiger partial charge in [0.15, 0.2) is 35.2 Å². The van der Waals surface area contributed by atoms with Crippen molar-refractivity contribution in [3.05, 3.63) is 47.5 Å². The lowest BCUT2D eigenvalue weighted by molar-refractivity contribution is -0.147. The minimum absolute atomic E-state index is 0.127. The van der Waals surface area contributed by atoms with E-state index in [2.05, 4.69) is 0 Å². The van der Waals surface area contributed by atoms with Crippen molar-refractivity contribution in [2.75, 3.05) is 13.6 Å². The number of rotatable bonds is 4. The largest absolute Gasteiger partial charge is 0.479 e. The molecule has 2 aliphatic rings. The second kappa shape index (κ2) is 8.03. The number of carboxylic acid groups (broad SMARTS) is 2. The molecule has 148 valence electrons. The van der Waals surface area contributed by atoms with Crippen molar-refractivity contribution in [1.82, 2.24) is 0 Å². The molecule has 0 aromatic heterocycles. The molecule has 0 amide bonds. The van der Waals surface area contributed by atoms with Gasteiger partial charge in [0.05, 0.1) is 0 Å². The maximum atomic E-state index is 10.5. The molecule has 0 aliphatic carbocycles. The van der Waals surface area contributed by atoms with Crippen molar-refractivity contribution < 1.29 is 49.0 Å². The zero-order chi connectivity index (χ0) is 20.3. The van der Waals surface area contributed by atoms with E-state index in [0.29, 0.717) is 23.0 Å². The quantitative estimate of drug-likeness (QED) is 0.594. The number of aliphatic hydroxyl groups is 2. The van der Waals surface area contributed by atoms with E-state index in [9.17, 15) is 19.8 Å². The highest BCUT2D eigenvalue weighted by Crippen LogP contribution is 2.35. The summed E-state index contributed by atoms with van der Waals surface area (Å²) in [6.45, 7) is 0.254. The molecule has 2 aromatic carbocycles. The van der Waals surface area contributed by atoms with Crippen LogP contribution in [-0.2, 0) is 9.59 Å². The van der Waals surface area contributed by atoms with E-state index < -0.39 is 24.1 Å². The van der Waals surface area contributed by atoms with Gasteiger partial charge < -0.3 is 39.4 Å². The minimum Gasteiger partial charge on any atom is -0.479 e. The number of hydrogen-bond donors (Lipinski definition) is 4. The molecule has 4 N–H and O–H groups in total. The van der Waals surface area contributed by atoms with Gasteiger partial charge in [-0.25, -0.2) is 9.59 Å². The van der Waals surface area contributed by atoms with Gasteiger partial charge in [0.2, 0.25) is 13.6 Å². The van der Waals surface area contributed by atoms with E-state index in [1.54, 1.807) is 12.1 Å². The second-order valence-corrected chi connectivity index (χ2v) is 5.71. The Balaban J connectivity index is 0.000000161. The van der Waals surface area contributed by atoms with Crippen LogP contribution in [0.3, 0.4) is 0 Å². The fourth-order valence-electron chi connectivity index (χ4n) is 2.45. The van der Waals surface area contributed by atoms with Crippen LogP contribution in [0.25, 0.3) is 0 Å². The summed E-state index contributed by atoms with van der Waals surface area (Å²) in [5, 5.41) is 35.6. The predicted octanol–water partition coefficient (Wildman–Crippen LogP) is 1.07. The van der Waals surface area contributed by atoms with Gasteiger partial charge in [0.25, 0.3) is 0 Å². The van der Waals surface area contributed by atoms with Crippen LogP contribution in [0.5, 0.6) is 23.0 Å². The van der Waals surface area contributed by atoms with Crippen LogP contribution < -0.4 is 18.9 Å². The summed E-state index contributed by atoms with van der Waals surface area (Å²) in [5.41, 5.74) is 0.559. The zero-order valence-corrected chi connectivity index (χ0v) is 14.3. The Morgan fingerprint density at radius 1 is 0.679 bits per heavy atom. The van der Waals surface area contributed by atoms with Crippen LogP contribution in [0.15, 0.2) is 36.4 Å². The van der Waals surface area contributed by atoms with E-state index in [0.717, 1.165) is 0 Å². The average molecular weight is 392 g/mol. The third kappa shape index (κ3) is 4.08. The maximum Gasteiger partial charge on any atom is 0.337 e. The predicted molar refractivity (Wildman–Crippen MR) is 90.3 cm³/mol. The molecule has 2 aromatic rings. The van der Waals surface area contributed by atoms with Gasteiger partial charge >= 0.3 is 11.9 Å². The smallest absolute Gasteiger partial charge is 0.337 e. The molecule has 0 radical (unpaired) electrons. The summed E-state index contributed by atoms with van der Waals surface area (Å²) in [4.78, 5) is 21.0. The Labute approximate surface area is 158 Å². The Hall–Kier alpha value is -3.50. The second-order valence-electron chi connectivity index (χ2n) is 5.71. The summed E-state index contributed by atoms with van der Waals surface area (Å²) < 4.78 is 20.2. The summed E-state index contributed by atoms with van der Waals surface area (Å²) in [6.07, 6.45) is -3.05. The molecule has 10 nitrogen and oxygen atoms in total. The molecule has 0 saturated heterocycles. The molecule has 4 rings (SSSR count). The van der Waals surface area contributed by atoms with E-state index in [-0.39, 0.29) is 24.7 Å². The highest BCUT2D eigenvalue weighted by Gasteiger charge is 2.21. The lowest BCUT2D eigenvalue weighted by atomic mass is 10.1. The summed E-state index contributed by atoms with van der Waals surface area (Å²) >= 11 is 0. The van der Waals surface area contributed by atoms with Crippen LogP contribution in [-0.4, -0.2) is 46.0 Å². The normalized spacial score (nSPS) is 15.2. The molecule has 0 bridgehead atoms. The Kier molecular flexibility index (Phi) is 5.52.